The maximum Gasteiger partial charge on any atom is 0.481 e. The van der Waals surface area contributed by atoms with Crippen LogP contribution in [0, 0.1) is 37.5 Å². The Hall–Kier alpha value is -8.58. The van der Waals surface area contributed by atoms with Crippen molar-refractivity contribution in [3.8, 4) is 0 Å². The second-order valence-electron chi connectivity index (χ2n) is 33.5. The van der Waals surface area contributed by atoms with Gasteiger partial charge in [-0.05, 0) is 152 Å². The van der Waals surface area contributed by atoms with Crippen molar-refractivity contribution in [1.29, 1.82) is 0 Å². The molecule has 0 saturated carbocycles. The van der Waals surface area contributed by atoms with Gasteiger partial charge in [0.05, 0.1) is 88.8 Å². The maximum absolute atomic E-state index is 14.5. The van der Waals surface area contributed by atoms with E-state index in [4.69, 9.17) is 42.2 Å². The Bertz CT molecular complexity index is 4590. The molecular weight excluding hydrogens is 1760 g/mol. The molecule has 1 saturated heterocycles. The molecule has 4 aromatic rings. The SMILES string of the molecule is C/C=C(\C)[C@H]1OC(=O)[C@@H](C)NC[C@H](C(C)CC)NC(=O)CN(C)C(=O)[C@@H](Cc2ccccc2)N(C)C(=O)[C@H](C)NC(=O)[C@@H](CC(C)C)OC(=O)/C(C)=C\C2(CCCCCOP(=O)(O)OP(=O)(O)OCCCCCNC(=O)CCOCCOCCOCCOCCNC(=O)c3ccc(C(=O)C(CSc4ccc(C)cc4)CS(=O)(=O)c4ccc(C)cc4)cc3)C[C@H](OC(=O)N2)[C@@H]1C. The molecule has 5 unspecified atom stereocenters. The van der Waals surface area contributed by atoms with Crippen LogP contribution in [-0.4, -0.2) is 253 Å². The summed E-state index contributed by atoms with van der Waals surface area (Å²) in [5.74, 6) is -7.14. The normalized spacial score (nSPS) is 22.4. The molecule has 4 aromatic carbocycles. The summed E-state index contributed by atoms with van der Waals surface area (Å²) in [6.45, 7) is 22.5. The van der Waals surface area contributed by atoms with Gasteiger partial charge in [0.15, 0.2) is 21.7 Å². The fourth-order valence-electron chi connectivity index (χ4n) is 14.3. The van der Waals surface area contributed by atoms with Gasteiger partial charge in [0, 0.05) is 98.2 Å². The number of hydrogen-bond donors (Lipinski definition) is 8. The van der Waals surface area contributed by atoms with Crippen molar-refractivity contribution in [2.45, 2.75) is 218 Å². The van der Waals surface area contributed by atoms with Gasteiger partial charge >= 0.3 is 33.7 Å². The number of benzene rings is 4. The average Bonchev–Trinajstić information content (AvgIpc) is 0.797. The van der Waals surface area contributed by atoms with E-state index in [1.807, 2.05) is 65.8 Å². The minimum atomic E-state index is -5.20. The minimum Gasteiger partial charge on any atom is -0.456 e. The van der Waals surface area contributed by atoms with Crippen LogP contribution in [0.15, 0.2) is 136 Å². The number of allylic oxidation sites excluding steroid dienone is 1. The number of unbranched alkanes of at least 4 members (excludes halogenated alkanes) is 4. The number of ether oxygens (including phenoxy) is 7. The number of likely N-dealkylation sites (N-methyl/N-ethyl adjacent to an activating group) is 2. The minimum absolute atomic E-state index is 0.0123. The molecule has 2 aliphatic heterocycles. The summed E-state index contributed by atoms with van der Waals surface area (Å²) >= 11 is 1.41. The predicted molar refractivity (Wildman–Crippen MR) is 491 cm³/mol. The van der Waals surface area contributed by atoms with Gasteiger partial charge in [-0.1, -0.05) is 138 Å². The number of fused-ring (bicyclic) bond motifs is 2. The van der Waals surface area contributed by atoms with Crippen LogP contribution < -0.4 is 31.9 Å². The number of amides is 7. The van der Waals surface area contributed by atoms with Crippen molar-refractivity contribution >= 4 is 96.5 Å². The number of sulfone groups is 1. The van der Waals surface area contributed by atoms with Crippen LogP contribution in [0.5, 0.6) is 0 Å². The van der Waals surface area contributed by atoms with E-state index in [0.717, 1.165) is 16.0 Å². The molecule has 0 aromatic heterocycles. The number of cyclic esters (lactones) is 2. The Morgan fingerprint density at radius 2 is 1.27 bits per heavy atom. The number of alkyl carbamates (subject to hydrolysis) is 1. The first kappa shape index (κ1) is 110. The Morgan fingerprint density at radius 1 is 0.685 bits per heavy atom. The highest BCUT2D eigenvalue weighted by Gasteiger charge is 2.46. The van der Waals surface area contributed by atoms with Crippen LogP contribution in [0.3, 0.4) is 0 Å². The summed E-state index contributed by atoms with van der Waals surface area (Å²) in [5.41, 5.74) is 2.51. The fraction of sp³-hybridized carbons (Fsp3) is 0.587. The predicted octanol–water partition coefficient (Wildman–Crippen LogP) is 10.9. The van der Waals surface area contributed by atoms with E-state index in [-0.39, 0.29) is 195 Å². The summed E-state index contributed by atoms with van der Waals surface area (Å²) in [6.07, 6.45) is 1.54. The third-order valence-corrected chi connectivity index (χ3v) is 28.0. The molecule has 130 heavy (non-hydrogen) atoms. The quantitative estimate of drug-likeness (QED) is 0.00387. The first-order valence-electron chi connectivity index (χ1n) is 44.4. The van der Waals surface area contributed by atoms with Crippen molar-refractivity contribution < 1.29 is 122 Å². The van der Waals surface area contributed by atoms with Crippen LogP contribution in [0.1, 0.15) is 177 Å². The summed E-state index contributed by atoms with van der Waals surface area (Å²) < 4.78 is 108. The summed E-state index contributed by atoms with van der Waals surface area (Å²) in [7, 11) is -11.2. The molecule has 0 spiro atoms. The molecule has 2 aliphatic rings. The first-order chi connectivity index (χ1) is 61.6. The molecule has 2 heterocycles. The van der Waals surface area contributed by atoms with Crippen LogP contribution in [0.25, 0.3) is 0 Å². The molecule has 1 fully saturated rings. The number of rotatable bonds is 47. The van der Waals surface area contributed by atoms with Crippen molar-refractivity contribution in [3.05, 3.63) is 154 Å². The Morgan fingerprint density at radius 3 is 1.87 bits per heavy atom. The molecule has 0 aliphatic carbocycles. The second-order valence-corrected chi connectivity index (χ2v) is 39.7. The van der Waals surface area contributed by atoms with Gasteiger partial charge in [0.25, 0.3) is 11.8 Å². The second kappa shape index (κ2) is 55.8. The fourth-order valence-corrected chi connectivity index (χ4v) is 19.1. The lowest BCUT2D eigenvalue weighted by atomic mass is 9.79. The topological polar surface area (TPSA) is 450 Å². The summed E-state index contributed by atoms with van der Waals surface area (Å²) in [4.78, 5) is 163. The third kappa shape index (κ3) is 38.9. The number of esters is 2. The number of aryl methyl sites for hydroxylation is 2. The van der Waals surface area contributed by atoms with Gasteiger partial charge in [0.1, 0.15) is 30.3 Å². The molecule has 2 bridgehead atoms. The highest BCUT2D eigenvalue weighted by atomic mass is 32.2. The molecule has 7 amide bonds. The van der Waals surface area contributed by atoms with Gasteiger partial charge in [0.2, 0.25) is 23.6 Å². The molecule has 38 heteroatoms. The molecule has 8 N–H and O–H groups in total. The van der Waals surface area contributed by atoms with Crippen molar-refractivity contribution in [2.75, 3.05) is 118 Å². The Kier molecular flexibility index (Phi) is 47.3. The zero-order valence-electron chi connectivity index (χ0n) is 77.4. The lowest BCUT2D eigenvalue weighted by Gasteiger charge is -2.43. The number of nitrogens with one attached hydrogen (secondary N) is 6. The van der Waals surface area contributed by atoms with Crippen molar-refractivity contribution in [1.82, 2.24) is 41.7 Å². The van der Waals surface area contributed by atoms with Crippen LogP contribution >= 0.6 is 27.4 Å². The average molecular weight is 1900 g/mol. The lowest BCUT2D eigenvalue weighted by Crippen LogP contribution is -2.58. The molecular formula is C92H136N8O26P2S2. The van der Waals surface area contributed by atoms with Gasteiger partial charge in [-0.15, -0.1) is 11.8 Å². The number of carbonyl (C=O) groups is 10. The number of hydrogen-bond acceptors (Lipinski definition) is 26. The number of thioether (sulfide) groups is 1. The first-order valence-corrected chi connectivity index (χ1v) is 50.0. The smallest absolute Gasteiger partial charge is 0.456 e. The van der Waals surface area contributed by atoms with E-state index >= 15 is 0 Å². The Labute approximate surface area is 769 Å². The monoisotopic (exact) mass is 1890 g/mol. The van der Waals surface area contributed by atoms with Crippen LogP contribution in [0.4, 0.5) is 4.79 Å². The molecule has 6 rings (SSSR count). The van der Waals surface area contributed by atoms with Gasteiger partial charge in [-0.3, -0.25) is 47.4 Å². The zero-order valence-corrected chi connectivity index (χ0v) is 80.8. The van der Waals surface area contributed by atoms with E-state index in [9.17, 15) is 75.3 Å². The van der Waals surface area contributed by atoms with E-state index in [0.29, 0.717) is 41.5 Å². The van der Waals surface area contributed by atoms with Crippen molar-refractivity contribution in [2.24, 2.45) is 23.7 Å². The maximum atomic E-state index is 14.5. The van der Waals surface area contributed by atoms with E-state index in [1.165, 1.54) is 79.8 Å². The molecule has 34 nitrogen and oxygen atoms in total. The van der Waals surface area contributed by atoms with Crippen molar-refractivity contribution in [3.63, 3.8) is 0 Å². The number of ketones is 1. The highest BCUT2D eigenvalue weighted by molar-refractivity contribution is 7.99. The van der Waals surface area contributed by atoms with E-state index in [1.54, 1.807) is 88.4 Å². The third-order valence-electron chi connectivity index (χ3n) is 22.3. The number of Topliss-reactive ketones (excluding diaryl/α,β-unsaturated/α-hetero) is 1. The number of carbonyl (C=O) groups excluding carboxylic acids is 10. The van der Waals surface area contributed by atoms with Gasteiger partial charge < -0.3 is 84.6 Å². The number of phosphoric acid groups is 2. The molecule has 722 valence electrons. The molecule has 0 radical (unpaired) electrons. The number of phosphoric ester groups is 2. The standard InChI is InChI=1S/C92H136N8O26P2S2/c1-15-65(7)77-58-95-70(12)90(109)125-84(66(8)16-2)68(10)80-57-92(98-91(110)124-80,56-67(9)89(108)123-79(54-62(3)4)86(105)96-69(11)87(106)100(14)78(55-71-26-20-17-21-27-71)88(107)99(13)59-82(102)97-77)41-22-18-24-44-121-127(111,112)126-128(113,114)122-45-25-19-23-42-93-81(101)40-46-117-48-50-119-52-53-120-51-49-118-47-43-94-85(104)73-34-32-72(33-35-73)83(103)74(60-129-75-36-28-63(5)29-37-75)61-130(115,116)76-38-30-64(6)31-39-76/h16-17,20-21,26-39,56,62,65,68-70,74,77-80,84,95H,15,18-19,22-25,40-55,57-61H2,1-14H3,(H,93,101)(H,94,104)(H,96,105)(H,97,102)(H,98,110)(H,111,112)(H,113,114)/b66-16+,67-56-/t65?,68-,69-,70+,74?,77+,78+,79+,80-,84+,92?/m0/s1. The summed E-state index contributed by atoms with van der Waals surface area (Å²) in [5, 5.41) is 17.4. The van der Waals surface area contributed by atoms with Gasteiger partial charge in [-0.25, -0.2) is 27.1 Å². The van der Waals surface area contributed by atoms with E-state index in [2.05, 4.69) is 36.2 Å². The number of nitrogens with zero attached hydrogens (tertiary/aromatic N) is 2. The van der Waals surface area contributed by atoms with E-state index < -0.39 is 134 Å². The summed E-state index contributed by atoms with van der Waals surface area (Å²) in [6, 6.07) is 25.6. The largest absolute Gasteiger partial charge is 0.481 e. The highest BCUT2D eigenvalue weighted by Crippen LogP contribution is 2.60. The van der Waals surface area contributed by atoms with Gasteiger partial charge in [-0.2, -0.15) is 4.31 Å². The Balaban J connectivity index is 0.896. The van der Waals surface area contributed by atoms with Crippen LogP contribution in [-0.2, 0) is 105 Å². The molecule has 13 atom stereocenters. The zero-order chi connectivity index (χ0) is 95.7. The van der Waals surface area contributed by atoms with Crippen LogP contribution in [0.2, 0.25) is 0 Å². The lowest BCUT2D eigenvalue weighted by molar-refractivity contribution is -0.155.